The molecule has 7 heteroatoms. The van der Waals surface area contributed by atoms with E-state index < -0.39 is 6.04 Å². The predicted molar refractivity (Wildman–Crippen MR) is 141 cm³/mol. The third-order valence-electron chi connectivity index (χ3n) is 5.40. The predicted octanol–water partition coefficient (Wildman–Crippen LogP) is 5.78. The fourth-order valence-corrected chi connectivity index (χ4v) is 3.77. The molecular formula is C28H30Cl2N2O3. The van der Waals surface area contributed by atoms with E-state index in [9.17, 15) is 9.59 Å². The molecule has 1 atom stereocenters. The Morgan fingerprint density at radius 2 is 1.46 bits per heavy atom. The van der Waals surface area contributed by atoms with Gasteiger partial charge in [-0.1, -0.05) is 79.5 Å². The van der Waals surface area contributed by atoms with Crippen LogP contribution in [0.15, 0.2) is 78.9 Å². The molecule has 0 aliphatic carbocycles. The minimum absolute atomic E-state index is 0.198. The maximum Gasteiger partial charge on any atom is 0.261 e. The molecule has 0 aromatic heterocycles. The van der Waals surface area contributed by atoms with Crippen LogP contribution in [0.25, 0.3) is 0 Å². The van der Waals surface area contributed by atoms with Gasteiger partial charge in [0.1, 0.15) is 11.8 Å². The van der Waals surface area contributed by atoms with Crippen LogP contribution in [-0.4, -0.2) is 35.9 Å². The van der Waals surface area contributed by atoms with Crippen LogP contribution >= 0.6 is 23.2 Å². The van der Waals surface area contributed by atoms with Crippen molar-refractivity contribution in [1.82, 2.24) is 10.2 Å². The molecule has 0 bridgehead atoms. The van der Waals surface area contributed by atoms with Gasteiger partial charge in [0.05, 0.1) is 0 Å². The van der Waals surface area contributed by atoms with Crippen LogP contribution in [0.2, 0.25) is 10.0 Å². The smallest absolute Gasteiger partial charge is 0.261 e. The number of carbonyl (C=O) groups excluding carboxylic acids is 2. The first-order valence-electron chi connectivity index (χ1n) is 11.6. The normalized spacial score (nSPS) is 11.7. The molecule has 35 heavy (non-hydrogen) atoms. The molecule has 0 fully saturated rings. The molecule has 0 heterocycles. The lowest BCUT2D eigenvalue weighted by Gasteiger charge is -2.31. The zero-order chi connectivity index (χ0) is 25.2. The Kier molecular flexibility index (Phi) is 10.0. The molecule has 5 nitrogen and oxygen atoms in total. The molecule has 0 saturated carbocycles. The monoisotopic (exact) mass is 512 g/mol. The SMILES string of the molecule is CC(C)CNC(=O)[C@@H](Cc1ccccc1)N(Cc1ccc(Cl)cc1)C(=O)COc1ccc(Cl)cc1. The van der Waals surface area contributed by atoms with Crippen molar-refractivity contribution in [3.8, 4) is 5.75 Å². The van der Waals surface area contributed by atoms with Crippen LogP contribution in [0, 0.1) is 5.92 Å². The van der Waals surface area contributed by atoms with Crippen molar-refractivity contribution in [3.63, 3.8) is 0 Å². The van der Waals surface area contributed by atoms with E-state index in [-0.39, 0.29) is 30.9 Å². The lowest BCUT2D eigenvalue weighted by Crippen LogP contribution is -2.52. The molecule has 184 valence electrons. The van der Waals surface area contributed by atoms with Crippen molar-refractivity contribution >= 4 is 35.0 Å². The summed E-state index contributed by atoms with van der Waals surface area (Å²) >= 11 is 12.0. The summed E-state index contributed by atoms with van der Waals surface area (Å²) in [5, 5.41) is 4.19. The van der Waals surface area contributed by atoms with Crippen molar-refractivity contribution in [2.45, 2.75) is 32.9 Å². The molecular weight excluding hydrogens is 483 g/mol. The summed E-state index contributed by atoms with van der Waals surface area (Å²) in [7, 11) is 0. The van der Waals surface area contributed by atoms with Gasteiger partial charge in [0.15, 0.2) is 6.61 Å². The van der Waals surface area contributed by atoms with Crippen molar-refractivity contribution in [2.75, 3.05) is 13.2 Å². The first kappa shape index (κ1) is 26.6. The van der Waals surface area contributed by atoms with Gasteiger partial charge in [-0.15, -0.1) is 0 Å². The van der Waals surface area contributed by atoms with Crippen LogP contribution < -0.4 is 10.1 Å². The topological polar surface area (TPSA) is 58.6 Å². The minimum atomic E-state index is -0.715. The van der Waals surface area contributed by atoms with Gasteiger partial charge in [-0.05, 0) is 53.4 Å². The second kappa shape index (κ2) is 13.2. The Labute approximate surface area is 217 Å². The van der Waals surface area contributed by atoms with Crippen molar-refractivity contribution < 1.29 is 14.3 Å². The zero-order valence-electron chi connectivity index (χ0n) is 19.9. The Hall–Kier alpha value is -3.02. The first-order valence-corrected chi connectivity index (χ1v) is 12.3. The first-order chi connectivity index (χ1) is 16.8. The van der Waals surface area contributed by atoms with Crippen molar-refractivity contribution in [1.29, 1.82) is 0 Å². The molecule has 0 aliphatic heterocycles. The number of ether oxygens (including phenoxy) is 1. The summed E-state index contributed by atoms with van der Waals surface area (Å²) in [4.78, 5) is 28.5. The molecule has 0 radical (unpaired) electrons. The van der Waals surface area contributed by atoms with Gasteiger partial charge in [-0.25, -0.2) is 0 Å². The van der Waals surface area contributed by atoms with Crippen LogP contribution in [0.5, 0.6) is 5.75 Å². The molecule has 0 spiro atoms. The average Bonchev–Trinajstić information content (AvgIpc) is 2.86. The highest BCUT2D eigenvalue weighted by atomic mass is 35.5. The number of hydrogen-bond donors (Lipinski definition) is 1. The second-order valence-electron chi connectivity index (χ2n) is 8.74. The van der Waals surface area contributed by atoms with Crippen LogP contribution in [0.3, 0.4) is 0 Å². The van der Waals surface area contributed by atoms with Crippen LogP contribution in [0.1, 0.15) is 25.0 Å². The number of nitrogens with one attached hydrogen (secondary N) is 1. The van der Waals surface area contributed by atoms with E-state index in [1.54, 1.807) is 41.3 Å². The fourth-order valence-electron chi connectivity index (χ4n) is 3.52. The van der Waals surface area contributed by atoms with Gasteiger partial charge in [-0.3, -0.25) is 9.59 Å². The van der Waals surface area contributed by atoms with Gasteiger partial charge in [0, 0.05) is 29.6 Å². The van der Waals surface area contributed by atoms with Gasteiger partial charge in [-0.2, -0.15) is 0 Å². The molecule has 2 amide bonds. The molecule has 3 rings (SSSR count). The van der Waals surface area contributed by atoms with Gasteiger partial charge >= 0.3 is 0 Å². The van der Waals surface area contributed by atoms with Gasteiger partial charge in [0.25, 0.3) is 5.91 Å². The van der Waals surface area contributed by atoms with E-state index in [0.717, 1.165) is 11.1 Å². The standard InChI is InChI=1S/C28H30Cl2N2O3/c1-20(2)17-31-28(34)26(16-21-6-4-3-5-7-21)32(18-22-8-10-23(29)11-9-22)27(33)19-35-25-14-12-24(30)13-15-25/h3-15,20,26H,16-19H2,1-2H3,(H,31,34)/t26-/m1/s1. The van der Waals surface area contributed by atoms with Crippen LogP contribution in [0.4, 0.5) is 0 Å². The largest absolute Gasteiger partial charge is 0.484 e. The Morgan fingerprint density at radius 1 is 0.857 bits per heavy atom. The van der Waals surface area contributed by atoms with Crippen LogP contribution in [-0.2, 0) is 22.6 Å². The number of hydrogen-bond acceptors (Lipinski definition) is 3. The van der Waals surface area contributed by atoms with E-state index >= 15 is 0 Å². The van der Waals surface area contributed by atoms with E-state index in [1.165, 1.54) is 0 Å². The summed E-state index contributed by atoms with van der Waals surface area (Å²) in [5.74, 6) is 0.315. The lowest BCUT2D eigenvalue weighted by molar-refractivity contribution is -0.142. The van der Waals surface area contributed by atoms with Crippen molar-refractivity contribution in [2.24, 2.45) is 5.92 Å². The zero-order valence-corrected chi connectivity index (χ0v) is 21.4. The number of carbonyl (C=O) groups is 2. The number of amides is 2. The van der Waals surface area contributed by atoms with Gasteiger partial charge in [0.2, 0.25) is 5.91 Å². The highest BCUT2D eigenvalue weighted by molar-refractivity contribution is 6.30. The fraction of sp³-hybridized carbons (Fsp3) is 0.286. The summed E-state index contributed by atoms with van der Waals surface area (Å²) in [6, 6.07) is 23.0. The van der Waals surface area contributed by atoms with Crippen molar-refractivity contribution in [3.05, 3.63) is 100 Å². The summed E-state index contributed by atoms with van der Waals surface area (Å²) < 4.78 is 5.74. The summed E-state index contributed by atoms with van der Waals surface area (Å²) in [6.45, 7) is 4.62. The number of rotatable bonds is 11. The van der Waals surface area contributed by atoms with E-state index in [0.29, 0.717) is 28.8 Å². The molecule has 0 saturated heterocycles. The third kappa shape index (κ3) is 8.61. The highest BCUT2D eigenvalue weighted by Gasteiger charge is 2.30. The van der Waals surface area contributed by atoms with E-state index in [1.807, 2.05) is 56.3 Å². The second-order valence-corrected chi connectivity index (χ2v) is 9.61. The summed E-state index contributed by atoms with van der Waals surface area (Å²) in [6.07, 6.45) is 0.380. The molecule has 3 aromatic rings. The number of halogens is 2. The number of benzene rings is 3. The third-order valence-corrected chi connectivity index (χ3v) is 5.90. The Morgan fingerprint density at radius 3 is 2.06 bits per heavy atom. The maximum absolute atomic E-state index is 13.5. The highest BCUT2D eigenvalue weighted by Crippen LogP contribution is 2.19. The quantitative estimate of drug-likeness (QED) is 0.354. The maximum atomic E-state index is 13.5. The molecule has 0 unspecified atom stereocenters. The number of nitrogens with zero attached hydrogens (tertiary/aromatic N) is 1. The Balaban J connectivity index is 1.88. The summed E-state index contributed by atoms with van der Waals surface area (Å²) in [5.41, 5.74) is 1.83. The minimum Gasteiger partial charge on any atom is -0.484 e. The molecule has 3 aromatic carbocycles. The molecule has 1 N–H and O–H groups in total. The molecule has 0 aliphatic rings. The lowest BCUT2D eigenvalue weighted by atomic mass is 10.0. The van der Waals surface area contributed by atoms with E-state index in [2.05, 4.69) is 5.32 Å². The average molecular weight is 513 g/mol. The van der Waals surface area contributed by atoms with Gasteiger partial charge < -0.3 is 15.0 Å². The van der Waals surface area contributed by atoms with E-state index in [4.69, 9.17) is 27.9 Å². The Bertz CT molecular complexity index is 1090.